The Hall–Kier alpha value is -2.33. The molecule has 0 aliphatic carbocycles. The Bertz CT molecular complexity index is 649. The average Bonchev–Trinajstić information content (AvgIpc) is 2.56. The Kier molecular flexibility index (Phi) is 4.39. The topological polar surface area (TPSA) is 38.8 Å². The van der Waals surface area contributed by atoms with Crippen LogP contribution in [0.5, 0.6) is 5.75 Å². The van der Waals surface area contributed by atoms with Crippen LogP contribution in [0.4, 0.5) is 5.69 Å². The van der Waals surface area contributed by atoms with Gasteiger partial charge in [-0.3, -0.25) is 0 Å². The average molecular weight is 297 g/mol. The standard InChI is InChI=1S/C18H19NO3/c1-14-7-8-16(19-9-11-21-12-10-19)17(13-14)22-18(20)15-5-3-2-4-6-15/h2-8,13H,9-12H2,1H3. The highest BCUT2D eigenvalue weighted by Gasteiger charge is 2.18. The Balaban J connectivity index is 1.85. The van der Waals surface area contributed by atoms with Crippen LogP contribution in [0.3, 0.4) is 0 Å². The summed E-state index contributed by atoms with van der Waals surface area (Å²) in [5.41, 5.74) is 2.56. The van der Waals surface area contributed by atoms with Gasteiger partial charge in [-0.2, -0.15) is 0 Å². The SMILES string of the molecule is Cc1ccc(N2CCOCC2)c(OC(=O)c2ccccc2)c1. The maximum absolute atomic E-state index is 12.3. The van der Waals surface area contributed by atoms with Crippen LogP contribution in [-0.4, -0.2) is 32.3 Å². The first kappa shape index (κ1) is 14.6. The van der Waals surface area contributed by atoms with E-state index in [1.54, 1.807) is 12.1 Å². The summed E-state index contributed by atoms with van der Waals surface area (Å²) in [5, 5.41) is 0. The molecular formula is C18H19NO3. The third-order valence-electron chi connectivity index (χ3n) is 3.68. The van der Waals surface area contributed by atoms with Crippen LogP contribution < -0.4 is 9.64 Å². The van der Waals surface area contributed by atoms with Gasteiger partial charge in [-0.05, 0) is 36.8 Å². The molecule has 0 spiro atoms. The fraction of sp³-hybridized carbons (Fsp3) is 0.278. The second-order valence-corrected chi connectivity index (χ2v) is 5.33. The molecule has 0 atom stereocenters. The van der Waals surface area contributed by atoms with Crippen LogP contribution in [0.1, 0.15) is 15.9 Å². The number of morpholine rings is 1. The van der Waals surface area contributed by atoms with E-state index in [1.807, 2.05) is 43.3 Å². The molecule has 0 N–H and O–H groups in total. The molecule has 2 aromatic carbocycles. The van der Waals surface area contributed by atoms with Crippen LogP contribution in [0.25, 0.3) is 0 Å². The van der Waals surface area contributed by atoms with Crippen molar-refractivity contribution in [2.75, 3.05) is 31.2 Å². The van der Waals surface area contributed by atoms with E-state index in [2.05, 4.69) is 4.90 Å². The van der Waals surface area contributed by atoms with Crippen molar-refractivity contribution in [1.82, 2.24) is 0 Å². The maximum atomic E-state index is 12.3. The molecule has 4 heteroatoms. The second-order valence-electron chi connectivity index (χ2n) is 5.33. The van der Waals surface area contributed by atoms with Crippen LogP contribution in [-0.2, 0) is 4.74 Å². The molecule has 0 saturated carbocycles. The van der Waals surface area contributed by atoms with Gasteiger partial charge in [-0.25, -0.2) is 4.79 Å². The molecule has 0 radical (unpaired) electrons. The Labute approximate surface area is 130 Å². The molecule has 1 heterocycles. The van der Waals surface area contributed by atoms with Crippen molar-refractivity contribution in [3.05, 3.63) is 59.7 Å². The lowest BCUT2D eigenvalue weighted by Gasteiger charge is -2.30. The van der Waals surface area contributed by atoms with Gasteiger partial charge in [0.25, 0.3) is 0 Å². The van der Waals surface area contributed by atoms with Gasteiger partial charge >= 0.3 is 5.97 Å². The van der Waals surface area contributed by atoms with Crippen molar-refractivity contribution in [1.29, 1.82) is 0 Å². The molecule has 0 bridgehead atoms. The summed E-state index contributed by atoms with van der Waals surface area (Å²) in [7, 11) is 0. The van der Waals surface area contributed by atoms with Crippen molar-refractivity contribution in [3.63, 3.8) is 0 Å². The molecule has 22 heavy (non-hydrogen) atoms. The highest BCUT2D eigenvalue weighted by Crippen LogP contribution is 2.30. The maximum Gasteiger partial charge on any atom is 0.343 e. The Morgan fingerprint density at radius 3 is 2.55 bits per heavy atom. The van der Waals surface area contributed by atoms with E-state index < -0.39 is 0 Å². The van der Waals surface area contributed by atoms with Crippen LogP contribution in [0.2, 0.25) is 0 Å². The first-order valence-electron chi connectivity index (χ1n) is 7.44. The predicted molar refractivity (Wildman–Crippen MR) is 85.6 cm³/mol. The smallest absolute Gasteiger partial charge is 0.343 e. The van der Waals surface area contributed by atoms with Gasteiger partial charge < -0.3 is 14.4 Å². The van der Waals surface area contributed by atoms with Gasteiger partial charge in [0.2, 0.25) is 0 Å². The van der Waals surface area contributed by atoms with Gasteiger partial charge in [0.1, 0.15) is 0 Å². The first-order chi connectivity index (χ1) is 10.7. The zero-order valence-corrected chi connectivity index (χ0v) is 12.6. The van der Waals surface area contributed by atoms with Crippen molar-refractivity contribution < 1.29 is 14.3 Å². The fourth-order valence-corrected chi connectivity index (χ4v) is 2.50. The molecule has 0 unspecified atom stereocenters. The summed E-state index contributed by atoms with van der Waals surface area (Å²) < 4.78 is 11.0. The summed E-state index contributed by atoms with van der Waals surface area (Å²) in [6, 6.07) is 15.0. The number of ether oxygens (including phenoxy) is 2. The van der Waals surface area contributed by atoms with Crippen molar-refractivity contribution in [2.45, 2.75) is 6.92 Å². The van der Waals surface area contributed by atoms with Crippen molar-refractivity contribution in [2.24, 2.45) is 0 Å². The number of carbonyl (C=O) groups is 1. The predicted octanol–water partition coefficient (Wildman–Crippen LogP) is 3.05. The van der Waals surface area contributed by atoms with E-state index in [0.717, 1.165) is 24.3 Å². The van der Waals surface area contributed by atoms with Gasteiger partial charge in [-0.15, -0.1) is 0 Å². The van der Waals surface area contributed by atoms with Gasteiger partial charge in [0.15, 0.2) is 5.75 Å². The van der Waals surface area contributed by atoms with E-state index in [-0.39, 0.29) is 5.97 Å². The molecule has 1 aliphatic rings. The normalized spacial score (nSPS) is 14.7. The van der Waals surface area contributed by atoms with Gasteiger partial charge in [-0.1, -0.05) is 24.3 Å². The van der Waals surface area contributed by atoms with Crippen LogP contribution in [0, 0.1) is 6.92 Å². The number of benzene rings is 2. The quantitative estimate of drug-likeness (QED) is 0.645. The van der Waals surface area contributed by atoms with Crippen molar-refractivity contribution in [3.8, 4) is 5.75 Å². The summed E-state index contributed by atoms with van der Waals surface area (Å²) in [6.45, 7) is 4.99. The molecule has 1 saturated heterocycles. The molecule has 1 aliphatic heterocycles. The van der Waals surface area contributed by atoms with Crippen molar-refractivity contribution >= 4 is 11.7 Å². The molecule has 0 aromatic heterocycles. The summed E-state index contributed by atoms with van der Waals surface area (Å²) in [4.78, 5) is 14.5. The molecule has 114 valence electrons. The van der Waals surface area contributed by atoms with Gasteiger partial charge in [0.05, 0.1) is 24.5 Å². The molecule has 2 aromatic rings. The lowest BCUT2D eigenvalue weighted by atomic mass is 10.2. The number of hydrogen-bond donors (Lipinski definition) is 0. The number of esters is 1. The Morgan fingerprint density at radius 2 is 1.82 bits per heavy atom. The largest absolute Gasteiger partial charge is 0.421 e. The number of hydrogen-bond acceptors (Lipinski definition) is 4. The number of anilines is 1. The number of rotatable bonds is 3. The minimum atomic E-state index is -0.333. The monoisotopic (exact) mass is 297 g/mol. The minimum Gasteiger partial charge on any atom is -0.421 e. The lowest BCUT2D eigenvalue weighted by molar-refractivity contribution is 0.0734. The summed E-state index contributed by atoms with van der Waals surface area (Å²) in [5.74, 6) is 0.275. The van der Waals surface area contributed by atoms with E-state index in [1.165, 1.54) is 0 Å². The molecule has 3 rings (SSSR count). The van der Waals surface area contributed by atoms with Crippen LogP contribution >= 0.6 is 0 Å². The Morgan fingerprint density at radius 1 is 1.09 bits per heavy atom. The van der Waals surface area contributed by atoms with E-state index in [4.69, 9.17) is 9.47 Å². The van der Waals surface area contributed by atoms with E-state index >= 15 is 0 Å². The highest BCUT2D eigenvalue weighted by atomic mass is 16.5. The second kappa shape index (κ2) is 6.62. The number of carbonyl (C=O) groups excluding carboxylic acids is 1. The lowest BCUT2D eigenvalue weighted by Crippen LogP contribution is -2.36. The van der Waals surface area contributed by atoms with E-state index in [9.17, 15) is 4.79 Å². The van der Waals surface area contributed by atoms with Gasteiger partial charge in [0, 0.05) is 13.1 Å². The number of aryl methyl sites for hydroxylation is 1. The minimum absolute atomic E-state index is 0.333. The fourth-order valence-electron chi connectivity index (χ4n) is 2.50. The van der Waals surface area contributed by atoms with E-state index in [0.29, 0.717) is 24.5 Å². The number of nitrogens with zero attached hydrogens (tertiary/aromatic N) is 1. The third-order valence-corrected chi connectivity index (χ3v) is 3.68. The molecular weight excluding hydrogens is 278 g/mol. The molecule has 4 nitrogen and oxygen atoms in total. The molecule has 1 fully saturated rings. The van der Waals surface area contributed by atoms with Crippen LogP contribution in [0.15, 0.2) is 48.5 Å². The highest BCUT2D eigenvalue weighted by molar-refractivity contribution is 5.91. The third kappa shape index (κ3) is 3.28. The first-order valence-corrected chi connectivity index (χ1v) is 7.44. The summed E-state index contributed by atoms with van der Waals surface area (Å²) in [6.07, 6.45) is 0. The zero-order valence-electron chi connectivity index (χ0n) is 12.6. The molecule has 0 amide bonds. The zero-order chi connectivity index (χ0) is 15.4. The summed E-state index contributed by atoms with van der Waals surface area (Å²) >= 11 is 0.